The van der Waals surface area contributed by atoms with Gasteiger partial charge in [0.1, 0.15) is 11.6 Å². The number of nitrogens with two attached hydrogens (primary N) is 1. The van der Waals surface area contributed by atoms with Gasteiger partial charge in [0.2, 0.25) is 0 Å². The standard InChI is InChI=1S/C27H33FN6O2.C27H32FN5O3/c1-3-32-17-27(18-32)8-10-33(11-9-27)26(36)34(22-7-6-20-15-30-31(2)24(20)13-22)16-21-5-4-19(12-23(21)28)25(35)14-29;1-4-31-17-27(18-31)9-11-32(12-10-27)26(35)33(22-8-7-20-15-29-30(2)24(20)14-22)16-21-6-5-19(13-23(21)28)25(34)36-3/h4-7,12-13,15H,3,8-11,14,16-18,29H2,1-2H3;5-8,13-15H,4,9-12,16-18H2,1-3H3. The minimum absolute atomic E-state index is 0.0424. The van der Waals surface area contributed by atoms with Crippen LogP contribution in [0.2, 0.25) is 0 Å². The van der Waals surface area contributed by atoms with Gasteiger partial charge in [-0.1, -0.05) is 32.0 Å². The second kappa shape index (κ2) is 20.8. The zero-order chi connectivity index (χ0) is 50.9. The highest BCUT2D eigenvalue weighted by Gasteiger charge is 2.46. The Morgan fingerprint density at radius 1 is 0.625 bits per heavy atom. The van der Waals surface area contributed by atoms with Crippen LogP contribution >= 0.6 is 0 Å². The van der Waals surface area contributed by atoms with E-state index >= 15 is 8.78 Å². The molecule has 4 saturated heterocycles. The number of esters is 1. The van der Waals surface area contributed by atoms with Crippen LogP contribution in [0.5, 0.6) is 0 Å². The summed E-state index contributed by atoms with van der Waals surface area (Å²) < 4.78 is 38.3. The Hall–Kier alpha value is -6.76. The number of fused-ring (bicyclic) bond motifs is 2. The first-order valence-electron chi connectivity index (χ1n) is 24.9. The van der Waals surface area contributed by atoms with Gasteiger partial charge in [-0.25, -0.2) is 23.2 Å². The highest BCUT2D eigenvalue weighted by atomic mass is 19.1. The van der Waals surface area contributed by atoms with E-state index in [0.29, 0.717) is 59.5 Å². The van der Waals surface area contributed by atoms with Crippen LogP contribution in [0.25, 0.3) is 21.8 Å². The summed E-state index contributed by atoms with van der Waals surface area (Å²) >= 11 is 0. The van der Waals surface area contributed by atoms with E-state index in [4.69, 9.17) is 10.5 Å². The van der Waals surface area contributed by atoms with Crippen molar-refractivity contribution in [2.75, 3.05) is 88.9 Å². The number of methoxy groups -OCH3 is 1. The fourth-order valence-electron chi connectivity index (χ4n) is 10.9. The molecule has 0 aliphatic carbocycles. The molecule has 16 nitrogen and oxygen atoms in total. The largest absolute Gasteiger partial charge is 0.465 e. The van der Waals surface area contributed by atoms with E-state index in [1.807, 2.05) is 60.3 Å². The van der Waals surface area contributed by atoms with Gasteiger partial charge in [-0.2, -0.15) is 10.2 Å². The maximum Gasteiger partial charge on any atom is 0.337 e. The second-order valence-electron chi connectivity index (χ2n) is 20.1. The Balaban J connectivity index is 0.000000178. The molecule has 4 aromatic carbocycles. The molecule has 72 heavy (non-hydrogen) atoms. The maximum absolute atomic E-state index is 15.1. The molecule has 4 aliphatic heterocycles. The molecular weight excluding hydrogens is 921 g/mol. The molecule has 0 bridgehead atoms. The molecule has 2 aromatic heterocycles. The van der Waals surface area contributed by atoms with Crippen LogP contribution in [0.15, 0.2) is 85.2 Å². The molecule has 0 radical (unpaired) electrons. The molecule has 0 saturated carbocycles. The second-order valence-corrected chi connectivity index (χ2v) is 20.1. The van der Waals surface area contributed by atoms with E-state index < -0.39 is 17.6 Å². The molecule has 0 unspecified atom stereocenters. The lowest BCUT2D eigenvalue weighted by molar-refractivity contribution is -0.0358. The number of aromatic nitrogens is 4. The number of rotatable bonds is 11. The summed E-state index contributed by atoms with van der Waals surface area (Å²) in [4.78, 5) is 63.3. The number of anilines is 2. The van der Waals surface area contributed by atoms with E-state index in [0.717, 1.165) is 92.8 Å². The number of urea groups is 2. The number of benzene rings is 4. The van der Waals surface area contributed by atoms with Gasteiger partial charge in [0.05, 0.1) is 55.7 Å². The number of hydrogen-bond acceptors (Lipinski definition) is 10. The summed E-state index contributed by atoms with van der Waals surface area (Å²) in [7, 11) is 4.97. The van der Waals surface area contributed by atoms with Gasteiger partial charge in [-0.3, -0.25) is 24.0 Å². The minimum Gasteiger partial charge on any atom is -0.465 e. The van der Waals surface area contributed by atoms with Crippen molar-refractivity contribution in [3.05, 3.63) is 119 Å². The number of nitrogens with zero attached hydrogens (tertiary/aromatic N) is 10. The summed E-state index contributed by atoms with van der Waals surface area (Å²) in [6, 6.07) is 19.7. The Morgan fingerprint density at radius 3 is 1.43 bits per heavy atom. The van der Waals surface area contributed by atoms with Crippen LogP contribution in [0.3, 0.4) is 0 Å². The third kappa shape index (κ3) is 10.2. The predicted molar refractivity (Wildman–Crippen MR) is 273 cm³/mol. The number of carbonyl (C=O) groups excluding carboxylic acids is 4. The monoisotopic (exact) mass is 986 g/mol. The van der Waals surface area contributed by atoms with Crippen LogP contribution in [0.1, 0.15) is 71.4 Å². The summed E-state index contributed by atoms with van der Waals surface area (Å²) in [5, 5.41) is 10.5. The lowest BCUT2D eigenvalue weighted by Crippen LogP contribution is -2.61. The zero-order valence-electron chi connectivity index (χ0n) is 42.0. The number of carbonyl (C=O) groups is 4. The van der Waals surface area contributed by atoms with E-state index in [1.165, 1.54) is 19.2 Å². The molecule has 4 amide bonds. The quantitative estimate of drug-likeness (QED) is 0.102. The lowest BCUT2D eigenvalue weighted by atomic mass is 9.72. The lowest BCUT2D eigenvalue weighted by Gasteiger charge is -2.54. The predicted octanol–water partition coefficient (Wildman–Crippen LogP) is 7.44. The van der Waals surface area contributed by atoms with Crippen LogP contribution in [0, 0.1) is 22.5 Å². The van der Waals surface area contributed by atoms with E-state index in [9.17, 15) is 19.2 Å². The fraction of sp³-hybridized carbons (Fsp3) is 0.444. The van der Waals surface area contributed by atoms with Gasteiger partial charge < -0.3 is 30.1 Å². The Bertz CT molecular complexity index is 2780. The number of ketones is 1. The van der Waals surface area contributed by atoms with Crippen molar-refractivity contribution >= 4 is 57.0 Å². The third-order valence-electron chi connectivity index (χ3n) is 15.6. The summed E-state index contributed by atoms with van der Waals surface area (Å²) in [6.07, 6.45) is 7.47. The van der Waals surface area contributed by atoms with E-state index in [1.54, 1.807) is 49.8 Å². The number of amides is 4. The summed E-state index contributed by atoms with van der Waals surface area (Å²) in [6.45, 7) is 13.6. The molecule has 6 aromatic rings. The number of likely N-dealkylation sites (tertiary alicyclic amines) is 4. The molecule has 18 heteroatoms. The molecule has 6 heterocycles. The average Bonchev–Trinajstić information content (AvgIpc) is 3.95. The smallest absolute Gasteiger partial charge is 0.337 e. The topological polar surface area (TPSA) is 159 Å². The van der Waals surface area contributed by atoms with Crippen molar-refractivity contribution in [2.24, 2.45) is 30.7 Å². The van der Waals surface area contributed by atoms with Gasteiger partial charge >= 0.3 is 18.0 Å². The van der Waals surface area contributed by atoms with Crippen molar-refractivity contribution in [3.63, 3.8) is 0 Å². The molecule has 10 rings (SSSR count). The maximum atomic E-state index is 15.1. The highest BCUT2D eigenvalue weighted by Crippen LogP contribution is 2.42. The van der Waals surface area contributed by atoms with Crippen molar-refractivity contribution in [1.29, 1.82) is 0 Å². The highest BCUT2D eigenvalue weighted by molar-refractivity contribution is 5.98. The first-order chi connectivity index (χ1) is 34.6. The summed E-state index contributed by atoms with van der Waals surface area (Å²) in [5.41, 5.74) is 10.2. The normalized spacial score (nSPS) is 17.3. The van der Waals surface area contributed by atoms with Gasteiger partial charge in [0.15, 0.2) is 5.78 Å². The van der Waals surface area contributed by atoms with Crippen LogP contribution in [-0.2, 0) is 31.9 Å². The third-order valence-corrected chi connectivity index (χ3v) is 15.6. The molecule has 4 fully saturated rings. The van der Waals surface area contributed by atoms with Crippen molar-refractivity contribution in [3.8, 4) is 0 Å². The molecule has 2 N–H and O–H groups in total. The first kappa shape index (κ1) is 50.2. The Kier molecular flexibility index (Phi) is 14.5. The van der Waals surface area contributed by atoms with Crippen molar-refractivity contribution < 1.29 is 32.7 Å². The number of piperidine rings is 2. The molecular formula is C54H65F2N11O5. The SMILES string of the molecule is CCN1CC2(CCN(C(=O)N(Cc3ccc(C(=O)CN)cc3F)c3ccc4cnn(C)c4c3)CC2)C1.CCN1CC2(CCN(C(=O)N(Cc3ccc(C(=O)OC)cc3F)c3ccc4cnn(C)c4c3)CC2)C1. The average molecular weight is 986 g/mol. The van der Waals surface area contributed by atoms with Crippen molar-refractivity contribution in [2.45, 2.75) is 52.6 Å². The van der Waals surface area contributed by atoms with Crippen LogP contribution < -0.4 is 15.5 Å². The number of Topliss-reactive ketones (excluding diaryl/α,β-unsaturated/α-hetero) is 1. The molecule has 0 atom stereocenters. The summed E-state index contributed by atoms with van der Waals surface area (Å²) in [5.74, 6) is -2.01. The Labute approximate surface area is 418 Å². The number of ether oxygens (including phenoxy) is 1. The molecule has 4 aliphatic rings. The zero-order valence-corrected chi connectivity index (χ0v) is 42.0. The number of aryl methyl sites for hydroxylation is 2. The number of hydrogen-bond donors (Lipinski definition) is 1. The van der Waals surface area contributed by atoms with Gasteiger partial charge in [-0.05, 0) is 104 Å². The minimum atomic E-state index is -0.602. The van der Waals surface area contributed by atoms with E-state index in [-0.39, 0.29) is 48.6 Å². The van der Waals surface area contributed by atoms with Gasteiger partial charge in [0, 0.05) is 105 Å². The fourth-order valence-corrected chi connectivity index (χ4v) is 10.9. The van der Waals surface area contributed by atoms with Crippen LogP contribution in [-0.4, -0.2) is 142 Å². The first-order valence-corrected chi connectivity index (χ1v) is 24.9. The number of halogens is 2. The van der Waals surface area contributed by atoms with E-state index in [2.05, 4.69) is 33.8 Å². The van der Waals surface area contributed by atoms with Gasteiger partial charge in [0.25, 0.3) is 0 Å². The molecule has 380 valence electrons. The molecule has 2 spiro atoms. The van der Waals surface area contributed by atoms with Crippen LogP contribution in [0.4, 0.5) is 29.7 Å². The van der Waals surface area contributed by atoms with Gasteiger partial charge in [-0.15, -0.1) is 0 Å². The van der Waals surface area contributed by atoms with Crippen molar-refractivity contribution in [1.82, 2.24) is 39.2 Å². The Morgan fingerprint density at radius 2 is 1.04 bits per heavy atom.